The average Bonchev–Trinajstić information content (AvgIpc) is 2.94. The Bertz CT molecular complexity index is 1120. The molecule has 0 amide bonds. The highest BCUT2D eigenvalue weighted by Crippen LogP contribution is 2.21. The average molecular weight is 426 g/mol. The second kappa shape index (κ2) is 6.73. The van der Waals surface area contributed by atoms with Gasteiger partial charge in [-0.1, -0.05) is 15.9 Å². The molecular weight excluding hydrogens is 414 g/mol. The summed E-state index contributed by atoms with van der Waals surface area (Å²) in [5.74, 6) is -0.112. The van der Waals surface area contributed by atoms with Crippen LogP contribution >= 0.6 is 15.9 Å². The number of halogens is 1. The summed E-state index contributed by atoms with van der Waals surface area (Å²) in [5, 5.41) is 3.76. The number of fused-ring (bicyclic) bond motifs is 1. The molecule has 3 aromatic rings. The largest absolute Gasteiger partial charge is 0.496 e. The fraction of sp³-hybridized carbons (Fsp3) is 0.0667. The van der Waals surface area contributed by atoms with Gasteiger partial charge in [-0.15, -0.1) is 0 Å². The molecule has 1 heterocycles. The lowest BCUT2D eigenvalue weighted by molar-refractivity contribution is 0.414. The van der Waals surface area contributed by atoms with Crippen molar-refractivity contribution in [2.45, 2.75) is 4.90 Å². The van der Waals surface area contributed by atoms with Crippen LogP contribution in [0.25, 0.3) is 11.1 Å². The van der Waals surface area contributed by atoms with E-state index in [0.29, 0.717) is 16.8 Å². The van der Waals surface area contributed by atoms with E-state index in [4.69, 9.17) is 9.15 Å². The number of hydrazone groups is 1. The molecule has 10 heteroatoms. The van der Waals surface area contributed by atoms with Gasteiger partial charge in [-0.3, -0.25) is 4.98 Å². The number of hydrogen-bond acceptors (Lipinski definition) is 6. The molecule has 2 aromatic carbocycles. The molecule has 0 aliphatic rings. The van der Waals surface area contributed by atoms with Crippen LogP contribution in [0.4, 0.5) is 0 Å². The quantitative estimate of drug-likeness (QED) is 0.480. The summed E-state index contributed by atoms with van der Waals surface area (Å²) < 4.78 is 35.4. The Morgan fingerprint density at radius 3 is 2.84 bits per heavy atom. The summed E-state index contributed by atoms with van der Waals surface area (Å²) in [6.45, 7) is 0. The van der Waals surface area contributed by atoms with E-state index in [0.717, 1.165) is 4.47 Å². The third-order valence-electron chi connectivity index (χ3n) is 3.27. The normalized spacial score (nSPS) is 11.9. The molecule has 2 N–H and O–H groups in total. The summed E-state index contributed by atoms with van der Waals surface area (Å²) in [6, 6.07) is 9.27. The molecule has 1 aromatic heterocycles. The first-order valence-corrected chi connectivity index (χ1v) is 9.18. The van der Waals surface area contributed by atoms with E-state index in [1.165, 1.54) is 31.5 Å². The number of H-pyrrole nitrogens is 1. The van der Waals surface area contributed by atoms with Crippen LogP contribution in [0.1, 0.15) is 5.56 Å². The number of benzene rings is 2. The predicted molar refractivity (Wildman–Crippen MR) is 95.4 cm³/mol. The summed E-state index contributed by atoms with van der Waals surface area (Å²) >= 11 is 3.32. The van der Waals surface area contributed by atoms with Crippen molar-refractivity contribution < 1.29 is 17.6 Å². The third kappa shape index (κ3) is 3.74. The molecule has 0 aliphatic carbocycles. The number of aromatic nitrogens is 1. The highest BCUT2D eigenvalue weighted by Gasteiger charge is 2.15. The van der Waals surface area contributed by atoms with Gasteiger partial charge < -0.3 is 9.15 Å². The molecule has 0 bridgehead atoms. The summed E-state index contributed by atoms with van der Waals surface area (Å²) in [7, 11) is -2.41. The third-order valence-corrected chi connectivity index (χ3v) is 4.98. The molecular formula is C15H12BrN3O5S. The van der Waals surface area contributed by atoms with Crippen LogP contribution in [0, 0.1) is 0 Å². The minimum absolute atomic E-state index is 0.0823. The monoisotopic (exact) mass is 425 g/mol. The molecule has 8 nitrogen and oxygen atoms in total. The van der Waals surface area contributed by atoms with Gasteiger partial charge in [0.2, 0.25) is 0 Å². The second-order valence-electron chi connectivity index (χ2n) is 4.91. The van der Waals surface area contributed by atoms with Gasteiger partial charge in [0.1, 0.15) is 5.75 Å². The van der Waals surface area contributed by atoms with Crippen molar-refractivity contribution in [3.05, 3.63) is 57.0 Å². The van der Waals surface area contributed by atoms with Gasteiger partial charge in [0.15, 0.2) is 5.58 Å². The number of methoxy groups -OCH3 is 1. The Hall–Kier alpha value is -2.59. The van der Waals surface area contributed by atoms with Crippen LogP contribution in [-0.4, -0.2) is 26.7 Å². The van der Waals surface area contributed by atoms with Crippen molar-refractivity contribution in [2.24, 2.45) is 5.10 Å². The van der Waals surface area contributed by atoms with Crippen LogP contribution in [0.5, 0.6) is 5.75 Å². The van der Waals surface area contributed by atoms with Crippen molar-refractivity contribution >= 4 is 43.3 Å². The van der Waals surface area contributed by atoms with E-state index in [-0.39, 0.29) is 10.5 Å². The fourth-order valence-electron chi connectivity index (χ4n) is 2.12. The van der Waals surface area contributed by atoms with Crippen molar-refractivity contribution in [3.63, 3.8) is 0 Å². The summed E-state index contributed by atoms with van der Waals surface area (Å²) in [5.41, 5.74) is 1.14. The molecule has 0 radical (unpaired) electrons. The van der Waals surface area contributed by atoms with Crippen molar-refractivity contribution in [1.29, 1.82) is 0 Å². The lowest BCUT2D eigenvalue weighted by Crippen LogP contribution is -2.18. The van der Waals surface area contributed by atoms with Crippen LogP contribution in [0.3, 0.4) is 0 Å². The van der Waals surface area contributed by atoms with Crippen LogP contribution < -0.4 is 15.3 Å². The topological polar surface area (TPSA) is 114 Å². The van der Waals surface area contributed by atoms with Gasteiger partial charge in [0.25, 0.3) is 10.0 Å². The smallest absolute Gasteiger partial charge is 0.417 e. The van der Waals surface area contributed by atoms with Crippen LogP contribution in [0.15, 0.2) is 60.1 Å². The predicted octanol–water partition coefficient (Wildman–Crippen LogP) is 2.20. The van der Waals surface area contributed by atoms with Crippen molar-refractivity contribution in [1.82, 2.24) is 9.82 Å². The maximum absolute atomic E-state index is 12.3. The lowest BCUT2D eigenvalue weighted by Gasteiger charge is -2.05. The Kier molecular flexibility index (Phi) is 4.64. The molecule has 3 rings (SSSR count). The molecule has 0 saturated carbocycles. The Labute approximate surface area is 150 Å². The molecule has 0 aliphatic heterocycles. The number of aromatic amines is 1. The highest BCUT2D eigenvalue weighted by molar-refractivity contribution is 9.10. The molecule has 0 atom stereocenters. The summed E-state index contributed by atoms with van der Waals surface area (Å²) in [6.07, 6.45) is 1.33. The highest BCUT2D eigenvalue weighted by atomic mass is 79.9. The standard InChI is InChI=1S/C15H12BrN3O5S/c1-23-13-5-2-10(16)6-9(13)8-17-19-25(21,22)11-3-4-12-14(7-11)24-15(20)18-12/h2-8,19H,1H3,(H,18,20)/b17-8+. The van der Waals surface area contributed by atoms with Crippen LogP contribution in [0.2, 0.25) is 0 Å². The van der Waals surface area contributed by atoms with Gasteiger partial charge >= 0.3 is 5.76 Å². The molecule has 25 heavy (non-hydrogen) atoms. The van der Waals surface area contributed by atoms with Gasteiger partial charge in [-0.25, -0.2) is 9.63 Å². The molecule has 0 spiro atoms. The van der Waals surface area contributed by atoms with Gasteiger partial charge in [-0.05, 0) is 30.3 Å². The maximum atomic E-state index is 12.3. The molecule has 130 valence electrons. The van der Waals surface area contributed by atoms with E-state index < -0.39 is 15.8 Å². The Morgan fingerprint density at radius 1 is 1.28 bits per heavy atom. The fourth-order valence-corrected chi connectivity index (χ4v) is 3.30. The Morgan fingerprint density at radius 2 is 2.08 bits per heavy atom. The number of ether oxygens (including phenoxy) is 1. The van der Waals surface area contributed by atoms with E-state index in [1.54, 1.807) is 18.2 Å². The number of oxazole rings is 1. The number of sulfonamides is 1. The van der Waals surface area contributed by atoms with Crippen molar-refractivity contribution in [2.75, 3.05) is 7.11 Å². The first-order chi connectivity index (χ1) is 11.9. The van der Waals surface area contributed by atoms with Crippen LogP contribution in [-0.2, 0) is 10.0 Å². The summed E-state index contributed by atoms with van der Waals surface area (Å²) in [4.78, 5) is 15.6. The van der Waals surface area contributed by atoms with Gasteiger partial charge in [0, 0.05) is 16.1 Å². The first-order valence-electron chi connectivity index (χ1n) is 6.90. The lowest BCUT2D eigenvalue weighted by atomic mass is 10.2. The molecule has 0 fully saturated rings. The minimum atomic E-state index is -3.92. The van der Waals surface area contributed by atoms with E-state index in [1.807, 2.05) is 0 Å². The van der Waals surface area contributed by atoms with Gasteiger partial charge in [-0.2, -0.15) is 13.5 Å². The number of hydrogen-bond donors (Lipinski definition) is 2. The Balaban J connectivity index is 1.85. The first kappa shape index (κ1) is 17.2. The minimum Gasteiger partial charge on any atom is -0.496 e. The number of nitrogens with one attached hydrogen (secondary N) is 2. The number of rotatable bonds is 5. The second-order valence-corrected chi connectivity index (χ2v) is 7.49. The maximum Gasteiger partial charge on any atom is 0.417 e. The van der Waals surface area contributed by atoms with E-state index >= 15 is 0 Å². The van der Waals surface area contributed by atoms with Gasteiger partial charge in [0.05, 0.1) is 23.7 Å². The molecule has 0 unspecified atom stereocenters. The zero-order valence-electron chi connectivity index (χ0n) is 12.8. The zero-order valence-corrected chi connectivity index (χ0v) is 15.2. The van der Waals surface area contributed by atoms with E-state index in [9.17, 15) is 13.2 Å². The van der Waals surface area contributed by atoms with E-state index in [2.05, 4.69) is 30.8 Å². The molecule has 0 saturated heterocycles. The zero-order chi connectivity index (χ0) is 18.0. The van der Waals surface area contributed by atoms with Crippen molar-refractivity contribution in [3.8, 4) is 5.75 Å². The number of nitrogens with zero attached hydrogens (tertiary/aromatic N) is 1. The SMILES string of the molecule is COc1ccc(Br)cc1/C=N/NS(=O)(=O)c1ccc2[nH]c(=O)oc2c1.